The van der Waals surface area contributed by atoms with Gasteiger partial charge >= 0.3 is 0 Å². The average molecular weight is 254 g/mol. The van der Waals surface area contributed by atoms with E-state index < -0.39 is 10.0 Å². The van der Waals surface area contributed by atoms with E-state index >= 15 is 0 Å². The quantitative estimate of drug-likeness (QED) is 0.775. The van der Waals surface area contributed by atoms with E-state index in [1.54, 1.807) is 6.08 Å². The third-order valence-electron chi connectivity index (χ3n) is 2.04. The van der Waals surface area contributed by atoms with Crippen LogP contribution in [0.4, 0.5) is 5.69 Å². The van der Waals surface area contributed by atoms with Gasteiger partial charge in [0, 0.05) is 12.1 Å². The molecule has 0 spiro atoms. The summed E-state index contributed by atoms with van der Waals surface area (Å²) in [5, 5.41) is 7.58. The Bertz CT molecular complexity index is 506. The number of primary sulfonamides is 1. The molecule has 0 aliphatic rings. The fraction of sp³-hybridized carbons (Fsp3) is 0.182. The summed E-state index contributed by atoms with van der Waals surface area (Å²) in [5.74, 6) is -0.145. The Balaban J connectivity index is 2.69. The molecule has 0 bridgehead atoms. The second-order valence-electron chi connectivity index (χ2n) is 3.44. The summed E-state index contributed by atoms with van der Waals surface area (Å²) in [4.78, 5) is 11.4. The van der Waals surface area contributed by atoms with E-state index in [1.165, 1.54) is 24.3 Å². The first-order chi connectivity index (χ1) is 7.93. The highest BCUT2D eigenvalue weighted by atomic mass is 32.2. The molecule has 1 aromatic carbocycles. The predicted molar refractivity (Wildman–Crippen MR) is 65.9 cm³/mol. The zero-order valence-electron chi connectivity index (χ0n) is 9.22. The Hall–Kier alpha value is -1.66. The molecular weight excluding hydrogens is 240 g/mol. The Morgan fingerprint density at radius 3 is 2.41 bits per heavy atom. The van der Waals surface area contributed by atoms with Crippen LogP contribution in [-0.2, 0) is 14.8 Å². The molecule has 1 aromatic rings. The summed E-state index contributed by atoms with van der Waals surface area (Å²) >= 11 is 0. The Morgan fingerprint density at radius 2 is 1.94 bits per heavy atom. The third kappa shape index (κ3) is 4.38. The molecule has 0 aliphatic heterocycles. The minimum atomic E-state index is -3.69. The van der Waals surface area contributed by atoms with Crippen LogP contribution in [0.1, 0.15) is 12.8 Å². The molecule has 5 nitrogen and oxygen atoms in total. The van der Waals surface area contributed by atoms with Crippen LogP contribution >= 0.6 is 0 Å². The van der Waals surface area contributed by atoms with Crippen LogP contribution in [0.15, 0.2) is 41.8 Å². The minimum Gasteiger partial charge on any atom is -0.326 e. The number of nitrogens with two attached hydrogens (primary N) is 1. The van der Waals surface area contributed by atoms with Gasteiger partial charge in [-0.3, -0.25) is 4.79 Å². The third-order valence-corrected chi connectivity index (χ3v) is 2.97. The number of hydrogen-bond donors (Lipinski definition) is 2. The van der Waals surface area contributed by atoms with E-state index in [0.717, 1.165) is 0 Å². The Kier molecular flexibility index (Phi) is 4.42. The summed E-state index contributed by atoms with van der Waals surface area (Å²) in [5.41, 5.74) is 0.534. The molecule has 0 fully saturated rings. The molecule has 0 atom stereocenters. The first-order valence-corrected chi connectivity index (χ1v) is 6.52. The molecule has 6 heteroatoms. The lowest BCUT2D eigenvalue weighted by atomic mass is 10.2. The molecule has 1 amide bonds. The molecule has 0 aromatic heterocycles. The molecule has 17 heavy (non-hydrogen) atoms. The van der Waals surface area contributed by atoms with Crippen molar-refractivity contribution in [1.29, 1.82) is 0 Å². The van der Waals surface area contributed by atoms with Gasteiger partial charge in [0.25, 0.3) is 0 Å². The smallest absolute Gasteiger partial charge is 0.238 e. The van der Waals surface area contributed by atoms with E-state index in [1.807, 2.05) is 0 Å². The summed E-state index contributed by atoms with van der Waals surface area (Å²) in [7, 11) is -3.69. The molecular formula is C11H14N2O3S. The SMILES string of the molecule is C=CCCC(=O)Nc1ccc(S(N)(=O)=O)cc1. The highest BCUT2D eigenvalue weighted by Gasteiger charge is 2.07. The van der Waals surface area contributed by atoms with Crippen molar-refractivity contribution in [1.82, 2.24) is 0 Å². The number of sulfonamides is 1. The van der Waals surface area contributed by atoms with Gasteiger partial charge in [0.2, 0.25) is 15.9 Å². The van der Waals surface area contributed by atoms with E-state index in [-0.39, 0.29) is 10.8 Å². The van der Waals surface area contributed by atoms with E-state index in [0.29, 0.717) is 18.5 Å². The fourth-order valence-electron chi connectivity index (χ4n) is 1.18. The van der Waals surface area contributed by atoms with Crippen molar-refractivity contribution in [3.63, 3.8) is 0 Å². The number of benzene rings is 1. The van der Waals surface area contributed by atoms with Crippen LogP contribution in [0.3, 0.4) is 0 Å². The molecule has 92 valence electrons. The number of nitrogens with one attached hydrogen (secondary N) is 1. The number of hydrogen-bond acceptors (Lipinski definition) is 3. The summed E-state index contributed by atoms with van der Waals surface area (Å²) in [6, 6.07) is 5.67. The number of carbonyl (C=O) groups is 1. The van der Waals surface area contributed by atoms with E-state index in [4.69, 9.17) is 5.14 Å². The van der Waals surface area contributed by atoms with Crippen molar-refractivity contribution >= 4 is 21.6 Å². The molecule has 1 rings (SSSR count). The second-order valence-corrected chi connectivity index (χ2v) is 5.01. The molecule has 0 unspecified atom stereocenters. The normalized spacial score (nSPS) is 10.9. The average Bonchev–Trinajstić information content (AvgIpc) is 2.26. The van der Waals surface area contributed by atoms with Gasteiger partial charge in [0.1, 0.15) is 0 Å². The number of carbonyl (C=O) groups excluding carboxylic acids is 1. The number of rotatable bonds is 5. The highest BCUT2D eigenvalue weighted by molar-refractivity contribution is 7.89. The lowest BCUT2D eigenvalue weighted by Gasteiger charge is -2.04. The first kappa shape index (κ1) is 13.4. The van der Waals surface area contributed by atoms with Crippen LogP contribution in [0.25, 0.3) is 0 Å². The van der Waals surface area contributed by atoms with Crippen molar-refractivity contribution < 1.29 is 13.2 Å². The lowest BCUT2D eigenvalue weighted by molar-refractivity contribution is -0.116. The van der Waals surface area contributed by atoms with Gasteiger partial charge in [-0.05, 0) is 30.7 Å². The van der Waals surface area contributed by atoms with Gasteiger partial charge in [-0.15, -0.1) is 6.58 Å². The van der Waals surface area contributed by atoms with E-state index in [9.17, 15) is 13.2 Å². The Morgan fingerprint density at radius 1 is 1.35 bits per heavy atom. The van der Waals surface area contributed by atoms with Crippen molar-refractivity contribution in [2.24, 2.45) is 5.14 Å². The summed E-state index contributed by atoms with van der Waals surface area (Å²) in [6.07, 6.45) is 2.60. The minimum absolute atomic E-state index is 0.0154. The molecule has 0 saturated heterocycles. The zero-order valence-corrected chi connectivity index (χ0v) is 10.0. The van der Waals surface area contributed by atoms with Gasteiger partial charge in [-0.1, -0.05) is 6.08 Å². The highest BCUT2D eigenvalue weighted by Crippen LogP contribution is 2.13. The summed E-state index contributed by atoms with van der Waals surface area (Å²) in [6.45, 7) is 3.52. The molecule has 3 N–H and O–H groups in total. The van der Waals surface area contributed by atoms with Gasteiger partial charge in [-0.25, -0.2) is 13.6 Å². The van der Waals surface area contributed by atoms with Gasteiger partial charge in [0.15, 0.2) is 0 Å². The second kappa shape index (κ2) is 5.60. The molecule has 0 aliphatic carbocycles. The van der Waals surface area contributed by atoms with Crippen molar-refractivity contribution in [2.75, 3.05) is 5.32 Å². The van der Waals surface area contributed by atoms with Crippen LogP contribution in [0.5, 0.6) is 0 Å². The standard InChI is InChI=1S/C11H14N2O3S/c1-2-3-4-11(14)13-9-5-7-10(8-6-9)17(12,15)16/h2,5-8H,1,3-4H2,(H,13,14)(H2,12,15,16). The van der Waals surface area contributed by atoms with Crippen LogP contribution in [0.2, 0.25) is 0 Å². The van der Waals surface area contributed by atoms with Crippen molar-refractivity contribution in [3.8, 4) is 0 Å². The lowest BCUT2D eigenvalue weighted by Crippen LogP contribution is -2.13. The van der Waals surface area contributed by atoms with Crippen molar-refractivity contribution in [3.05, 3.63) is 36.9 Å². The monoisotopic (exact) mass is 254 g/mol. The van der Waals surface area contributed by atoms with Crippen molar-refractivity contribution in [2.45, 2.75) is 17.7 Å². The predicted octanol–water partition coefficient (Wildman–Crippen LogP) is 1.24. The van der Waals surface area contributed by atoms with E-state index in [2.05, 4.69) is 11.9 Å². The maximum atomic E-state index is 11.4. The zero-order chi connectivity index (χ0) is 12.9. The van der Waals surface area contributed by atoms with Gasteiger partial charge in [-0.2, -0.15) is 0 Å². The number of allylic oxidation sites excluding steroid dienone is 1. The maximum Gasteiger partial charge on any atom is 0.238 e. The topological polar surface area (TPSA) is 89.3 Å². The number of amides is 1. The molecule has 0 heterocycles. The van der Waals surface area contributed by atoms with Crippen LogP contribution in [0, 0.1) is 0 Å². The van der Waals surface area contributed by atoms with Crippen LogP contribution in [-0.4, -0.2) is 14.3 Å². The number of anilines is 1. The molecule has 0 saturated carbocycles. The largest absolute Gasteiger partial charge is 0.326 e. The van der Waals surface area contributed by atoms with Gasteiger partial charge in [0.05, 0.1) is 4.90 Å². The Labute approximate surface area is 100 Å². The fourth-order valence-corrected chi connectivity index (χ4v) is 1.70. The molecule has 0 radical (unpaired) electrons. The first-order valence-electron chi connectivity index (χ1n) is 4.97. The maximum absolute atomic E-state index is 11.4. The van der Waals surface area contributed by atoms with Gasteiger partial charge < -0.3 is 5.32 Å². The van der Waals surface area contributed by atoms with Crippen LogP contribution < -0.4 is 10.5 Å². The summed E-state index contributed by atoms with van der Waals surface area (Å²) < 4.78 is 22.0.